The van der Waals surface area contributed by atoms with Crippen LogP contribution >= 0.6 is 15.9 Å². The van der Waals surface area contributed by atoms with Gasteiger partial charge < -0.3 is 0 Å². The first-order chi connectivity index (χ1) is 4.70. The van der Waals surface area contributed by atoms with Crippen LogP contribution < -0.4 is 0 Å². The van der Waals surface area contributed by atoms with Gasteiger partial charge in [-0.25, -0.2) is 0 Å². The molecule has 1 aliphatic rings. The van der Waals surface area contributed by atoms with Crippen LogP contribution in [0.3, 0.4) is 0 Å². The summed E-state index contributed by atoms with van der Waals surface area (Å²) in [5.74, 6) is 0.355. The number of hydrogen-bond acceptors (Lipinski definition) is 1. The van der Waals surface area contributed by atoms with Crippen molar-refractivity contribution >= 4 is 21.7 Å². The summed E-state index contributed by atoms with van der Waals surface area (Å²) >= 11 is 3.33. The van der Waals surface area contributed by atoms with E-state index in [0.29, 0.717) is 0 Å². The van der Waals surface area contributed by atoms with Crippen LogP contribution in [-0.2, 0) is 4.79 Å². The van der Waals surface area contributed by atoms with Gasteiger partial charge in [0.05, 0.1) is 0 Å². The largest absolute Gasteiger partial charge is 0.299 e. The molecule has 0 heterocycles. The highest BCUT2D eigenvalue weighted by Crippen LogP contribution is 2.20. The number of hydrogen-bond donors (Lipinski definition) is 0. The van der Waals surface area contributed by atoms with Crippen molar-refractivity contribution in [1.82, 2.24) is 0 Å². The van der Waals surface area contributed by atoms with Crippen molar-refractivity contribution in [3.63, 3.8) is 0 Å². The molecule has 0 aromatic heterocycles. The van der Waals surface area contributed by atoms with Crippen molar-refractivity contribution in [2.75, 3.05) is 0 Å². The smallest absolute Gasteiger partial charge is 0.136 e. The number of ketones is 1. The second-order valence-electron chi connectivity index (χ2n) is 2.40. The first-order valence-electron chi connectivity index (χ1n) is 3.24. The van der Waals surface area contributed by atoms with Crippen molar-refractivity contribution in [3.05, 3.63) is 22.7 Å². The topological polar surface area (TPSA) is 17.1 Å². The Kier molecular flexibility index (Phi) is 2.44. The third kappa shape index (κ3) is 1.81. The molecule has 0 saturated heterocycles. The zero-order valence-electron chi connectivity index (χ0n) is 5.80. The van der Waals surface area contributed by atoms with Crippen LogP contribution in [0.2, 0.25) is 0 Å². The first-order valence-corrected chi connectivity index (χ1v) is 4.04. The third-order valence-electron chi connectivity index (χ3n) is 1.58. The number of Topliss-reactive ketones (excluding diaryl/α,β-unsaturated/α-hetero) is 1. The molecule has 0 saturated carbocycles. The molecular formula is C8H9BrO. The summed E-state index contributed by atoms with van der Waals surface area (Å²) in [5.41, 5.74) is 0. The summed E-state index contributed by atoms with van der Waals surface area (Å²) in [7, 11) is 0. The lowest BCUT2D eigenvalue weighted by Gasteiger charge is -2.09. The average molecular weight is 201 g/mol. The van der Waals surface area contributed by atoms with Gasteiger partial charge in [0.25, 0.3) is 0 Å². The van der Waals surface area contributed by atoms with E-state index < -0.39 is 0 Å². The summed E-state index contributed by atoms with van der Waals surface area (Å²) in [5, 5.41) is 0. The van der Waals surface area contributed by atoms with Gasteiger partial charge in [0, 0.05) is 10.4 Å². The molecular weight excluding hydrogens is 192 g/mol. The van der Waals surface area contributed by atoms with E-state index in [1.54, 1.807) is 6.92 Å². The van der Waals surface area contributed by atoms with E-state index in [9.17, 15) is 4.79 Å². The highest BCUT2D eigenvalue weighted by molar-refractivity contribution is 9.11. The molecule has 0 aromatic carbocycles. The molecule has 10 heavy (non-hydrogen) atoms. The van der Waals surface area contributed by atoms with Gasteiger partial charge in [-0.1, -0.05) is 34.2 Å². The Morgan fingerprint density at radius 1 is 1.80 bits per heavy atom. The standard InChI is InChI=1S/C8H9BrO/c1-6(10)7-2-4-8(9)5-3-7/h2,4-5,7H,3H2,1H3. The van der Waals surface area contributed by atoms with Gasteiger partial charge in [-0.2, -0.15) is 0 Å². The van der Waals surface area contributed by atoms with Crippen LogP contribution in [-0.4, -0.2) is 5.78 Å². The average Bonchev–Trinajstić information content (AvgIpc) is 1.88. The Morgan fingerprint density at radius 2 is 2.50 bits per heavy atom. The lowest BCUT2D eigenvalue weighted by molar-refractivity contribution is -0.119. The van der Waals surface area contributed by atoms with E-state index in [1.807, 2.05) is 18.2 Å². The molecule has 2 heteroatoms. The first kappa shape index (κ1) is 7.73. The Bertz CT molecular complexity index is 203. The molecule has 0 aromatic rings. The van der Waals surface area contributed by atoms with Gasteiger partial charge >= 0.3 is 0 Å². The van der Waals surface area contributed by atoms with Gasteiger partial charge in [-0.15, -0.1) is 0 Å². The monoisotopic (exact) mass is 200 g/mol. The van der Waals surface area contributed by atoms with E-state index in [-0.39, 0.29) is 11.7 Å². The van der Waals surface area contributed by atoms with E-state index in [4.69, 9.17) is 0 Å². The maximum absolute atomic E-state index is 10.8. The third-order valence-corrected chi connectivity index (χ3v) is 2.16. The predicted octanol–water partition coefficient (Wildman–Crippen LogP) is 2.43. The molecule has 1 unspecified atom stereocenters. The van der Waals surface area contributed by atoms with Crippen molar-refractivity contribution in [1.29, 1.82) is 0 Å². The Balaban J connectivity index is 2.60. The molecule has 0 N–H and O–H groups in total. The number of halogens is 1. The fourth-order valence-corrected chi connectivity index (χ4v) is 1.24. The van der Waals surface area contributed by atoms with E-state index in [2.05, 4.69) is 15.9 Å². The summed E-state index contributed by atoms with van der Waals surface area (Å²) in [6.45, 7) is 1.63. The van der Waals surface area contributed by atoms with Gasteiger partial charge in [-0.05, 0) is 13.3 Å². The zero-order valence-corrected chi connectivity index (χ0v) is 7.39. The SMILES string of the molecule is CC(=O)C1C=CC(Br)=CC1. The molecule has 0 radical (unpaired) electrons. The quantitative estimate of drug-likeness (QED) is 0.636. The van der Waals surface area contributed by atoms with Gasteiger partial charge in [-0.3, -0.25) is 4.79 Å². The summed E-state index contributed by atoms with van der Waals surface area (Å²) in [4.78, 5) is 10.8. The second-order valence-corrected chi connectivity index (χ2v) is 3.32. The molecule has 0 spiro atoms. The van der Waals surface area contributed by atoms with E-state index in [0.717, 1.165) is 10.9 Å². The lowest BCUT2D eigenvalue weighted by Crippen LogP contribution is -2.08. The molecule has 0 fully saturated rings. The molecule has 1 atom stereocenters. The minimum absolute atomic E-state index is 0.112. The summed E-state index contributed by atoms with van der Waals surface area (Å²) < 4.78 is 1.07. The lowest BCUT2D eigenvalue weighted by atomic mass is 9.97. The molecule has 0 aliphatic heterocycles. The molecule has 54 valence electrons. The molecule has 0 amide bonds. The fourth-order valence-electron chi connectivity index (χ4n) is 0.896. The summed E-state index contributed by atoms with van der Waals surface area (Å²) in [6.07, 6.45) is 6.72. The van der Waals surface area contributed by atoms with Gasteiger partial charge in [0.2, 0.25) is 0 Å². The Labute approximate surface area is 68.9 Å². The van der Waals surface area contributed by atoms with Crippen LogP contribution in [0, 0.1) is 5.92 Å². The molecule has 1 rings (SSSR count). The Hall–Kier alpha value is -0.370. The van der Waals surface area contributed by atoms with Crippen molar-refractivity contribution in [3.8, 4) is 0 Å². The highest BCUT2D eigenvalue weighted by Gasteiger charge is 2.11. The van der Waals surface area contributed by atoms with Crippen molar-refractivity contribution in [2.24, 2.45) is 5.92 Å². The number of allylic oxidation sites excluding steroid dienone is 4. The van der Waals surface area contributed by atoms with Crippen LogP contribution in [0.15, 0.2) is 22.7 Å². The van der Waals surface area contributed by atoms with Crippen LogP contribution in [0.25, 0.3) is 0 Å². The zero-order chi connectivity index (χ0) is 7.56. The fraction of sp³-hybridized carbons (Fsp3) is 0.375. The number of rotatable bonds is 1. The highest BCUT2D eigenvalue weighted by atomic mass is 79.9. The molecule has 0 bridgehead atoms. The van der Waals surface area contributed by atoms with Crippen LogP contribution in [0.4, 0.5) is 0 Å². The van der Waals surface area contributed by atoms with Crippen molar-refractivity contribution in [2.45, 2.75) is 13.3 Å². The minimum Gasteiger partial charge on any atom is -0.299 e. The van der Waals surface area contributed by atoms with Gasteiger partial charge in [0.15, 0.2) is 0 Å². The predicted molar refractivity (Wildman–Crippen MR) is 44.9 cm³/mol. The van der Waals surface area contributed by atoms with Gasteiger partial charge in [0.1, 0.15) is 5.78 Å². The van der Waals surface area contributed by atoms with E-state index >= 15 is 0 Å². The molecule has 1 aliphatic carbocycles. The van der Waals surface area contributed by atoms with Crippen LogP contribution in [0.1, 0.15) is 13.3 Å². The van der Waals surface area contributed by atoms with Crippen LogP contribution in [0.5, 0.6) is 0 Å². The number of carbonyl (C=O) groups excluding carboxylic acids is 1. The minimum atomic E-state index is 0.112. The maximum Gasteiger partial charge on any atom is 0.136 e. The summed E-state index contributed by atoms with van der Waals surface area (Å²) in [6, 6.07) is 0. The molecule has 1 nitrogen and oxygen atoms in total. The Morgan fingerprint density at radius 3 is 2.90 bits per heavy atom. The number of carbonyl (C=O) groups is 1. The maximum atomic E-state index is 10.8. The van der Waals surface area contributed by atoms with E-state index in [1.165, 1.54) is 0 Å². The second kappa shape index (κ2) is 3.15. The van der Waals surface area contributed by atoms with Crippen molar-refractivity contribution < 1.29 is 4.79 Å². The normalized spacial score (nSPS) is 24.2.